The summed E-state index contributed by atoms with van der Waals surface area (Å²) in [5.41, 5.74) is 11.0. The first kappa shape index (κ1) is 11.6. The molecule has 102 valence electrons. The first-order chi connectivity index (χ1) is 10.4. The van der Waals surface area contributed by atoms with Gasteiger partial charge < -0.3 is 0 Å². The molecule has 0 bridgehead atoms. The van der Waals surface area contributed by atoms with Gasteiger partial charge in [-0.1, -0.05) is 60.2 Å². The fraction of sp³-hybridized carbons (Fsp3) is 0.238. The molecule has 21 heavy (non-hydrogen) atoms. The van der Waals surface area contributed by atoms with Gasteiger partial charge in [0.1, 0.15) is 0 Å². The lowest BCUT2D eigenvalue weighted by molar-refractivity contribution is 0.578. The highest BCUT2D eigenvalue weighted by molar-refractivity contribution is 5.80. The minimum atomic E-state index is 0.727. The predicted molar refractivity (Wildman–Crippen MR) is 87.1 cm³/mol. The molecule has 0 saturated carbocycles. The third kappa shape index (κ3) is 1.68. The number of hydrogen-bond acceptors (Lipinski definition) is 0. The summed E-state index contributed by atoms with van der Waals surface area (Å²) in [5.74, 6) is 0.727. The average Bonchev–Trinajstić information content (AvgIpc) is 2.88. The molecule has 0 amide bonds. The summed E-state index contributed by atoms with van der Waals surface area (Å²) in [4.78, 5) is 0. The maximum atomic E-state index is 2.53. The Morgan fingerprint density at radius 2 is 1.48 bits per heavy atom. The van der Waals surface area contributed by atoms with Crippen LogP contribution in [0.15, 0.2) is 65.8 Å². The maximum Gasteiger partial charge on any atom is -0.00168 e. The van der Waals surface area contributed by atoms with Gasteiger partial charge in [-0.15, -0.1) is 0 Å². The van der Waals surface area contributed by atoms with E-state index in [1.165, 1.54) is 24.0 Å². The third-order valence-corrected chi connectivity index (χ3v) is 5.42. The van der Waals surface area contributed by atoms with Gasteiger partial charge in [-0.2, -0.15) is 0 Å². The highest BCUT2D eigenvalue weighted by Crippen LogP contribution is 2.46. The lowest BCUT2D eigenvalue weighted by Crippen LogP contribution is -2.20. The third-order valence-electron chi connectivity index (χ3n) is 5.42. The predicted octanol–water partition coefficient (Wildman–Crippen LogP) is 4.74. The van der Waals surface area contributed by atoms with Gasteiger partial charge in [-0.05, 0) is 65.0 Å². The summed E-state index contributed by atoms with van der Waals surface area (Å²) >= 11 is 0. The Bertz CT molecular complexity index is 804. The summed E-state index contributed by atoms with van der Waals surface area (Å²) in [7, 11) is 0. The van der Waals surface area contributed by atoms with Crippen molar-refractivity contribution in [2.75, 3.05) is 0 Å². The van der Waals surface area contributed by atoms with Gasteiger partial charge in [0.2, 0.25) is 0 Å². The summed E-state index contributed by atoms with van der Waals surface area (Å²) < 4.78 is 0. The zero-order valence-corrected chi connectivity index (χ0v) is 12.1. The van der Waals surface area contributed by atoms with Crippen LogP contribution in [-0.4, -0.2) is 0 Å². The normalized spacial score (nSPS) is 22.1. The fourth-order valence-electron chi connectivity index (χ4n) is 4.37. The van der Waals surface area contributed by atoms with E-state index in [-0.39, 0.29) is 0 Å². The highest BCUT2D eigenvalue weighted by Gasteiger charge is 2.31. The molecule has 0 spiro atoms. The molecule has 0 aliphatic heterocycles. The van der Waals surface area contributed by atoms with Gasteiger partial charge in [0.25, 0.3) is 0 Å². The van der Waals surface area contributed by atoms with E-state index in [0.717, 1.165) is 18.8 Å². The molecule has 0 nitrogen and oxygen atoms in total. The van der Waals surface area contributed by atoms with Gasteiger partial charge >= 0.3 is 0 Å². The zero-order valence-electron chi connectivity index (χ0n) is 12.1. The summed E-state index contributed by atoms with van der Waals surface area (Å²) in [6.45, 7) is 0. The Kier molecular flexibility index (Phi) is 2.32. The van der Waals surface area contributed by atoms with Gasteiger partial charge in [0.05, 0.1) is 0 Å². The molecule has 0 radical (unpaired) electrons. The molecule has 1 unspecified atom stereocenters. The van der Waals surface area contributed by atoms with Gasteiger partial charge in [-0.3, -0.25) is 0 Å². The lowest BCUT2D eigenvalue weighted by Gasteiger charge is -2.31. The van der Waals surface area contributed by atoms with E-state index >= 15 is 0 Å². The standard InChI is InChI=1S/C21H18/c1-2-6-15-10-18-13-21-19(12-17(18)9-14(15)5-1)11-16-7-3-4-8-20(16)21/h1-8,12,18H,9-11,13H2. The molecular weight excluding hydrogens is 252 g/mol. The SMILES string of the molecule is C1=C2Cc3ccccc3CC2CC2=C1Cc1ccccc12. The molecule has 1 atom stereocenters. The van der Waals surface area contributed by atoms with Crippen LogP contribution in [0.25, 0.3) is 5.57 Å². The first-order valence-electron chi connectivity index (χ1n) is 7.96. The Hall–Kier alpha value is -2.08. The minimum absolute atomic E-state index is 0.727. The number of allylic oxidation sites excluding steroid dienone is 4. The van der Waals surface area contributed by atoms with Crippen molar-refractivity contribution in [3.8, 4) is 0 Å². The van der Waals surface area contributed by atoms with E-state index in [1.54, 1.807) is 27.8 Å². The van der Waals surface area contributed by atoms with Crippen LogP contribution in [-0.2, 0) is 19.3 Å². The van der Waals surface area contributed by atoms with Crippen LogP contribution in [0, 0.1) is 5.92 Å². The Labute approximate surface area is 125 Å². The summed E-state index contributed by atoms with van der Waals surface area (Å²) in [6, 6.07) is 18.0. The summed E-state index contributed by atoms with van der Waals surface area (Å²) in [5, 5.41) is 0. The van der Waals surface area contributed by atoms with E-state index in [1.807, 2.05) is 0 Å². The van der Waals surface area contributed by atoms with Crippen LogP contribution in [0.2, 0.25) is 0 Å². The van der Waals surface area contributed by atoms with Crippen molar-refractivity contribution >= 4 is 5.57 Å². The largest absolute Gasteiger partial charge is 0.0620 e. The highest BCUT2D eigenvalue weighted by atomic mass is 14.4. The Balaban J connectivity index is 1.58. The maximum absolute atomic E-state index is 2.53. The van der Waals surface area contributed by atoms with Crippen LogP contribution >= 0.6 is 0 Å². The van der Waals surface area contributed by atoms with Crippen molar-refractivity contribution in [3.63, 3.8) is 0 Å². The Morgan fingerprint density at radius 1 is 0.714 bits per heavy atom. The van der Waals surface area contributed by atoms with E-state index in [4.69, 9.17) is 0 Å². The van der Waals surface area contributed by atoms with Crippen molar-refractivity contribution in [1.29, 1.82) is 0 Å². The van der Waals surface area contributed by atoms with Crippen LogP contribution in [0.1, 0.15) is 28.7 Å². The second-order valence-electron chi connectivity index (χ2n) is 6.61. The molecule has 2 aromatic carbocycles. The molecule has 0 heteroatoms. The molecule has 0 N–H and O–H groups in total. The number of benzene rings is 2. The molecule has 0 fully saturated rings. The number of rotatable bonds is 0. The average molecular weight is 270 g/mol. The van der Waals surface area contributed by atoms with Gasteiger partial charge in [0.15, 0.2) is 0 Å². The molecule has 3 aliphatic carbocycles. The number of fused-ring (bicyclic) bond motifs is 4. The molecular formula is C21H18. The van der Waals surface area contributed by atoms with Crippen LogP contribution < -0.4 is 0 Å². The van der Waals surface area contributed by atoms with Crippen LogP contribution in [0.5, 0.6) is 0 Å². The van der Waals surface area contributed by atoms with E-state index in [9.17, 15) is 0 Å². The van der Waals surface area contributed by atoms with Gasteiger partial charge in [-0.25, -0.2) is 0 Å². The van der Waals surface area contributed by atoms with Crippen molar-refractivity contribution in [2.24, 2.45) is 5.92 Å². The molecule has 0 heterocycles. The van der Waals surface area contributed by atoms with Crippen LogP contribution in [0.4, 0.5) is 0 Å². The van der Waals surface area contributed by atoms with Crippen molar-refractivity contribution < 1.29 is 0 Å². The second-order valence-corrected chi connectivity index (χ2v) is 6.61. The van der Waals surface area contributed by atoms with E-state index in [0.29, 0.717) is 0 Å². The fourth-order valence-corrected chi connectivity index (χ4v) is 4.37. The molecule has 3 aliphatic rings. The van der Waals surface area contributed by atoms with Crippen molar-refractivity contribution in [1.82, 2.24) is 0 Å². The minimum Gasteiger partial charge on any atom is -0.0620 e. The quantitative estimate of drug-likeness (QED) is 0.648. The molecule has 0 saturated heterocycles. The topological polar surface area (TPSA) is 0 Å². The molecule has 2 aromatic rings. The van der Waals surface area contributed by atoms with E-state index in [2.05, 4.69) is 54.6 Å². The zero-order chi connectivity index (χ0) is 13.8. The van der Waals surface area contributed by atoms with Crippen molar-refractivity contribution in [3.05, 3.63) is 88.0 Å². The van der Waals surface area contributed by atoms with Gasteiger partial charge in [0, 0.05) is 0 Å². The van der Waals surface area contributed by atoms with Crippen LogP contribution in [0.3, 0.4) is 0 Å². The van der Waals surface area contributed by atoms with Crippen molar-refractivity contribution in [2.45, 2.75) is 25.7 Å². The second kappa shape index (κ2) is 4.21. The summed E-state index contributed by atoms with van der Waals surface area (Å²) in [6.07, 6.45) is 7.30. The number of hydrogen-bond donors (Lipinski definition) is 0. The van der Waals surface area contributed by atoms with E-state index < -0.39 is 0 Å². The smallest absolute Gasteiger partial charge is 0.00168 e. The molecule has 5 rings (SSSR count). The molecule has 0 aromatic heterocycles. The first-order valence-corrected chi connectivity index (χ1v) is 7.96. The monoisotopic (exact) mass is 270 g/mol. The lowest BCUT2D eigenvalue weighted by atomic mass is 9.73. The Morgan fingerprint density at radius 3 is 2.38 bits per heavy atom.